The summed E-state index contributed by atoms with van der Waals surface area (Å²) in [5.41, 5.74) is 5.68. The van der Waals surface area contributed by atoms with Crippen molar-refractivity contribution in [1.29, 1.82) is 0 Å². The van der Waals surface area contributed by atoms with E-state index in [1.165, 1.54) is 11.3 Å². The van der Waals surface area contributed by atoms with Crippen LogP contribution in [0.15, 0.2) is 36.4 Å². The maximum Gasteiger partial charge on any atom is 0.279 e. The van der Waals surface area contributed by atoms with Gasteiger partial charge in [-0.25, -0.2) is 13.4 Å². The van der Waals surface area contributed by atoms with Crippen molar-refractivity contribution < 1.29 is 18.0 Å². The Morgan fingerprint density at radius 2 is 1.93 bits per heavy atom. The van der Waals surface area contributed by atoms with E-state index in [1.54, 1.807) is 17.4 Å². The summed E-state index contributed by atoms with van der Waals surface area (Å²) in [7, 11) is -3.02. The summed E-state index contributed by atoms with van der Waals surface area (Å²) in [6, 6.07) is 11.4. The minimum Gasteiger partial charge on any atom is -0.273 e. The molecule has 1 unspecified atom stereocenters. The summed E-state index contributed by atoms with van der Waals surface area (Å²) in [6.07, 6.45) is 0.570. The van der Waals surface area contributed by atoms with Crippen molar-refractivity contribution in [2.45, 2.75) is 12.8 Å². The molecule has 0 radical (unpaired) electrons. The first-order valence-electron chi connectivity index (χ1n) is 8.65. The number of nitrogens with zero attached hydrogens (tertiary/aromatic N) is 1. The lowest BCUT2D eigenvalue weighted by Crippen LogP contribution is -2.42. The third-order valence-corrected chi connectivity index (χ3v) is 8.58. The summed E-state index contributed by atoms with van der Waals surface area (Å²) in [5.74, 6) is -0.830. The summed E-state index contributed by atoms with van der Waals surface area (Å²) in [5, 5.41) is 0.844. The van der Waals surface area contributed by atoms with Crippen LogP contribution in [0.25, 0.3) is 20.1 Å². The molecule has 2 amide bonds. The third kappa shape index (κ3) is 4.23. The highest BCUT2D eigenvalue weighted by molar-refractivity contribution is 7.91. The van der Waals surface area contributed by atoms with Gasteiger partial charge in [-0.2, -0.15) is 0 Å². The quantitative estimate of drug-likeness (QED) is 0.613. The van der Waals surface area contributed by atoms with Gasteiger partial charge in [0.1, 0.15) is 5.01 Å². The molecule has 1 atom stereocenters. The molecular formula is C18H17N3O4S3. The Kier molecular flexibility index (Phi) is 5.17. The molecule has 4 rings (SSSR count). The summed E-state index contributed by atoms with van der Waals surface area (Å²) >= 11 is 2.86. The number of para-hydroxylation sites is 1. The Morgan fingerprint density at radius 3 is 2.68 bits per heavy atom. The number of nitrogens with one attached hydrogen (secondary N) is 2. The number of thiophene rings is 1. The number of hydrogen-bond acceptors (Lipinski definition) is 7. The van der Waals surface area contributed by atoms with Crippen LogP contribution in [0.2, 0.25) is 0 Å². The van der Waals surface area contributed by atoms with Crippen molar-refractivity contribution in [3.8, 4) is 9.88 Å². The Balaban J connectivity index is 1.35. The van der Waals surface area contributed by atoms with Gasteiger partial charge in [-0.05, 0) is 36.6 Å². The lowest BCUT2D eigenvalue weighted by atomic mass is 10.1. The maximum atomic E-state index is 12.3. The third-order valence-electron chi connectivity index (χ3n) is 4.45. The normalized spacial score (nSPS) is 18.2. The molecular weight excluding hydrogens is 418 g/mol. The highest BCUT2D eigenvalue weighted by Gasteiger charge is 2.29. The molecule has 0 spiro atoms. The topological polar surface area (TPSA) is 105 Å². The molecule has 146 valence electrons. The molecule has 0 saturated carbocycles. The number of carbonyl (C=O) groups is 2. The van der Waals surface area contributed by atoms with Crippen molar-refractivity contribution >= 4 is 54.5 Å². The van der Waals surface area contributed by atoms with Gasteiger partial charge >= 0.3 is 0 Å². The minimum absolute atomic E-state index is 0.0326. The van der Waals surface area contributed by atoms with Gasteiger partial charge in [0.15, 0.2) is 9.84 Å². The van der Waals surface area contributed by atoms with Crippen LogP contribution in [0.3, 0.4) is 0 Å². The van der Waals surface area contributed by atoms with Crippen LogP contribution in [0.1, 0.15) is 22.5 Å². The predicted octanol–water partition coefficient (Wildman–Crippen LogP) is 2.61. The highest BCUT2D eigenvalue weighted by Crippen LogP contribution is 2.34. The molecule has 1 fully saturated rings. The first-order chi connectivity index (χ1) is 13.4. The van der Waals surface area contributed by atoms with E-state index >= 15 is 0 Å². The van der Waals surface area contributed by atoms with E-state index in [-0.39, 0.29) is 23.8 Å². The van der Waals surface area contributed by atoms with Crippen molar-refractivity contribution in [1.82, 2.24) is 15.8 Å². The summed E-state index contributed by atoms with van der Waals surface area (Å²) in [4.78, 5) is 30.1. The van der Waals surface area contributed by atoms with Crippen LogP contribution < -0.4 is 10.9 Å². The molecule has 7 nitrogen and oxygen atoms in total. The smallest absolute Gasteiger partial charge is 0.273 e. The average Bonchev–Trinajstić information content (AvgIpc) is 3.37. The van der Waals surface area contributed by atoms with E-state index in [0.29, 0.717) is 11.3 Å². The number of hydrazine groups is 1. The largest absolute Gasteiger partial charge is 0.279 e. The molecule has 3 heterocycles. The van der Waals surface area contributed by atoms with Crippen molar-refractivity contribution in [3.63, 3.8) is 0 Å². The van der Waals surface area contributed by atoms with Gasteiger partial charge in [-0.1, -0.05) is 12.1 Å². The van der Waals surface area contributed by atoms with Crippen LogP contribution >= 0.6 is 22.7 Å². The van der Waals surface area contributed by atoms with Crippen LogP contribution in [0.4, 0.5) is 0 Å². The molecule has 0 aliphatic carbocycles. The SMILES string of the molecule is O=C(CC1CCS(=O)(=O)C1)NNC(=O)c1ccc(-c2nc3ccccc3s2)s1. The zero-order chi connectivity index (χ0) is 19.7. The second-order valence-electron chi connectivity index (χ2n) is 6.63. The van der Waals surface area contributed by atoms with E-state index in [9.17, 15) is 18.0 Å². The van der Waals surface area contributed by atoms with Crippen molar-refractivity contribution in [2.75, 3.05) is 11.5 Å². The van der Waals surface area contributed by atoms with Crippen LogP contribution in [-0.2, 0) is 14.6 Å². The lowest BCUT2D eigenvalue weighted by molar-refractivity contribution is -0.122. The van der Waals surface area contributed by atoms with Gasteiger partial charge < -0.3 is 0 Å². The first kappa shape index (κ1) is 19.0. The van der Waals surface area contributed by atoms with Crippen molar-refractivity contribution in [2.24, 2.45) is 5.92 Å². The molecule has 1 aliphatic heterocycles. The minimum atomic E-state index is -3.02. The van der Waals surface area contributed by atoms with Gasteiger partial charge in [0.2, 0.25) is 5.91 Å². The zero-order valence-electron chi connectivity index (χ0n) is 14.7. The Morgan fingerprint density at radius 1 is 1.11 bits per heavy atom. The number of sulfone groups is 1. The average molecular weight is 436 g/mol. The van der Waals surface area contributed by atoms with Gasteiger partial charge in [0.25, 0.3) is 5.91 Å². The zero-order valence-corrected chi connectivity index (χ0v) is 17.1. The fraction of sp³-hybridized carbons (Fsp3) is 0.278. The van der Waals surface area contributed by atoms with Crippen LogP contribution in [-0.4, -0.2) is 36.7 Å². The molecule has 1 aliphatic rings. The molecule has 3 aromatic rings. The van der Waals surface area contributed by atoms with Gasteiger partial charge in [0.05, 0.1) is 31.5 Å². The standard InChI is InChI=1S/C18H17N3O4S3/c22-16(9-11-7-8-28(24,25)10-11)20-21-17(23)14-5-6-15(26-14)18-19-12-3-1-2-4-13(12)27-18/h1-6,11H,7-10H2,(H,20,22)(H,21,23). The van der Waals surface area contributed by atoms with Gasteiger partial charge in [0, 0.05) is 6.42 Å². The maximum absolute atomic E-state index is 12.3. The number of hydrogen-bond donors (Lipinski definition) is 2. The first-order valence-corrected chi connectivity index (χ1v) is 12.1. The molecule has 10 heteroatoms. The lowest BCUT2D eigenvalue weighted by Gasteiger charge is -2.09. The van der Waals surface area contributed by atoms with E-state index < -0.39 is 21.7 Å². The second kappa shape index (κ2) is 7.61. The molecule has 2 N–H and O–H groups in total. The Hall–Kier alpha value is -2.30. The van der Waals surface area contributed by atoms with Crippen LogP contribution in [0, 0.1) is 5.92 Å². The number of thiazole rings is 1. The number of carbonyl (C=O) groups excluding carboxylic acids is 2. The van der Waals surface area contributed by atoms with E-state index in [4.69, 9.17) is 0 Å². The Labute approximate surface area is 169 Å². The Bertz CT molecular complexity index is 1120. The van der Waals surface area contributed by atoms with Gasteiger partial charge in [-0.15, -0.1) is 22.7 Å². The fourth-order valence-corrected chi connectivity index (χ4v) is 6.87. The highest BCUT2D eigenvalue weighted by atomic mass is 32.2. The van der Waals surface area contributed by atoms with Crippen LogP contribution in [0.5, 0.6) is 0 Å². The fourth-order valence-electron chi connectivity index (χ4n) is 3.09. The van der Waals surface area contributed by atoms with Gasteiger partial charge in [-0.3, -0.25) is 20.4 Å². The predicted molar refractivity (Wildman–Crippen MR) is 110 cm³/mol. The number of amides is 2. The molecule has 2 aromatic heterocycles. The number of aromatic nitrogens is 1. The molecule has 1 aromatic carbocycles. The number of rotatable bonds is 4. The number of fused-ring (bicyclic) bond motifs is 1. The monoisotopic (exact) mass is 435 g/mol. The molecule has 28 heavy (non-hydrogen) atoms. The molecule has 0 bridgehead atoms. The van der Waals surface area contributed by atoms with Crippen molar-refractivity contribution in [3.05, 3.63) is 41.3 Å². The van der Waals surface area contributed by atoms with E-state index in [2.05, 4.69) is 15.8 Å². The summed E-state index contributed by atoms with van der Waals surface area (Å²) < 4.78 is 24.0. The summed E-state index contributed by atoms with van der Waals surface area (Å²) in [6.45, 7) is 0. The second-order valence-corrected chi connectivity index (χ2v) is 11.0. The van der Waals surface area contributed by atoms with E-state index in [0.717, 1.165) is 20.1 Å². The van der Waals surface area contributed by atoms with E-state index in [1.807, 2.05) is 30.3 Å². The number of benzene rings is 1. The molecule has 1 saturated heterocycles.